The van der Waals surface area contributed by atoms with Gasteiger partial charge in [0.05, 0.1) is 27.5 Å². The van der Waals surface area contributed by atoms with Crippen LogP contribution < -0.4 is 5.56 Å². The van der Waals surface area contributed by atoms with Crippen molar-refractivity contribution in [3.05, 3.63) is 113 Å². The van der Waals surface area contributed by atoms with Gasteiger partial charge >= 0.3 is 0 Å². The molecule has 4 aromatic carbocycles. The summed E-state index contributed by atoms with van der Waals surface area (Å²) in [5.74, 6) is 0.381. The molecule has 0 bridgehead atoms. The summed E-state index contributed by atoms with van der Waals surface area (Å²) in [7, 11) is -3.93. The molecule has 7 heteroatoms. The lowest BCUT2D eigenvalue weighted by atomic mass is 10.1. The summed E-state index contributed by atoms with van der Waals surface area (Å²) < 4.78 is 31.5. The second-order valence-corrected chi connectivity index (χ2v) is 11.1. The predicted octanol–water partition coefficient (Wildman–Crippen LogP) is 6.01. The number of hydrogen-bond donors (Lipinski definition) is 0. The monoisotopic (exact) mass is 511 g/mol. The minimum atomic E-state index is -3.93. The van der Waals surface area contributed by atoms with Crippen molar-refractivity contribution in [1.82, 2.24) is 13.9 Å². The van der Waals surface area contributed by atoms with Gasteiger partial charge in [0.1, 0.15) is 5.82 Å². The molecule has 0 aliphatic rings. The predicted molar refractivity (Wildman–Crippen MR) is 149 cm³/mol. The fourth-order valence-electron chi connectivity index (χ4n) is 4.86. The van der Waals surface area contributed by atoms with Crippen molar-refractivity contribution < 1.29 is 8.42 Å². The molecular formula is C30H29N3O3S. The van der Waals surface area contributed by atoms with Gasteiger partial charge in [-0.15, -0.1) is 0 Å². The highest BCUT2D eigenvalue weighted by molar-refractivity contribution is 7.89. The number of sulfonamides is 1. The van der Waals surface area contributed by atoms with Crippen LogP contribution >= 0.6 is 0 Å². The van der Waals surface area contributed by atoms with Crippen LogP contribution in [-0.4, -0.2) is 28.8 Å². The molecule has 0 spiro atoms. The first-order chi connectivity index (χ1) is 17.8. The molecule has 5 aromatic rings. The maximum atomic E-state index is 14.2. The molecule has 0 saturated carbocycles. The van der Waals surface area contributed by atoms with Crippen LogP contribution in [0.3, 0.4) is 0 Å². The highest BCUT2D eigenvalue weighted by Crippen LogP contribution is 2.32. The van der Waals surface area contributed by atoms with E-state index < -0.39 is 16.1 Å². The van der Waals surface area contributed by atoms with Gasteiger partial charge in [0.25, 0.3) is 5.56 Å². The van der Waals surface area contributed by atoms with Crippen LogP contribution in [0.1, 0.15) is 37.7 Å². The zero-order valence-electron chi connectivity index (χ0n) is 21.1. The molecule has 1 heterocycles. The van der Waals surface area contributed by atoms with Gasteiger partial charge in [0.2, 0.25) is 10.0 Å². The summed E-state index contributed by atoms with van der Waals surface area (Å²) in [5, 5.41) is 2.01. The lowest BCUT2D eigenvalue weighted by Crippen LogP contribution is -2.38. The third-order valence-corrected chi connectivity index (χ3v) is 8.68. The number of nitrogens with zero attached hydrogens (tertiary/aromatic N) is 3. The summed E-state index contributed by atoms with van der Waals surface area (Å²) in [4.78, 5) is 18.9. The van der Waals surface area contributed by atoms with Crippen LogP contribution in [0.2, 0.25) is 0 Å². The Labute approximate surface area is 216 Å². The Kier molecular flexibility index (Phi) is 6.67. The third kappa shape index (κ3) is 4.45. The number of fused-ring (bicyclic) bond motifs is 2. The topological polar surface area (TPSA) is 72.3 Å². The van der Waals surface area contributed by atoms with Gasteiger partial charge in [-0.1, -0.05) is 67.6 Å². The Morgan fingerprint density at radius 3 is 2.32 bits per heavy atom. The highest BCUT2D eigenvalue weighted by atomic mass is 32.2. The van der Waals surface area contributed by atoms with Gasteiger partial charge in [0.15, 0.2) is 0 Å². The van der Waals surface area contributed by atoms with E-state index in [4.69, 9.17) is 4.98 Å². The van der Waals surface area contributed by atoms with Gasteiger partial charge in [-0.05, 0) is 61.5 Å². The van der Waals surface area contributed by atoms with Crippen LogP contribution in [0.15, 0.2) is 101 Å². The zero-order chi connectivity index (χ0) is 26.2. The van der Waals surface area contributed by atoms with Crippen molar-refractivity contribution in [2.75, 3.05) is 6.54 Å². The molecule has 0 fully saturated rings. The number of aryl methyl sites for hydroxylation is 1. The Morgan fingerprint density at radius 2 is 1.57 bits per heavy atom. The smallest absolute Gasteiger partial charge is 0.266 e. The number of hydrogen-bond acceptors (Lipinski definition) is 4. The molecule has 1 unspecified atom stereocenters. The van der Waals surface area contributed by atoms with E-state index in [9.17, 15) is 13.2 Å². The van der Waals surface area contributed by atoms with Crippen molar-refractivity contribution in [3.8, 4) is 5.69 Å². The van der Waals surface area contributed by atoms with Crippen LogP contribution in [-0.2, 0) is 10.0 Å². The van der Waals surface area contributed by atoms with Crippen molar-refractivity contribution in [2.24, 2.45) is 0 Å². The van der Waals surface area contributed by atoms with Crippen molar-refractivity contribution >= 4 is 31.7 Å². The van der Waals surface area contributed by atoms with Crippen molar-refractivity contribution in [2.45, 2.75) is 38.1 Å². The van der Waals surface area contributed by atoms with Crippen LogP contribution in [0.25, 0.3) is 27.4 Å². The summed E-state index contributed by atoms with van der Waals surface area (Å²) in [5.41, 5.74) is 1.96. The minimum absolute atomic E-state index is 0.225. The average Bonchev–Trinajstić information content (AvgIpc) is 2.91. The quantitative estimate of drug-likeness (QED) is 0.268. The molecule has 37 heavy (non-hydrogen) atoms. The third-order valence-electron chi connectivity index (χ3n) is 6.65. The Balaban J connectivity index is 1.75. The molecule has 0 radical (unpaired) electrons. The van der Waals surface area contributed by atoms with Crippen LogP contribution in [0, 0.1) is 6.92 Å². The summed E-state index contributed by atoms with van der Waals surface area (Å²) in [6.45, 7) is 5.99. The highest BCUT2D eigenvalue weighted by Gasteiger charge is 2.33. The SMILES string of the molecule is CCCN(C(C)c1nc2ccccc2c(=O)n1-c1cccc(C)c1)S(=O)(=O)c1cccc2ccccc12. The van der Waals surface area contributed by atoms with E-state index in [0.29, 0.717) is 34.2 Å². The van der Waals surface area contributed by atoms with E-state index in [1.165, 1.54) is 4.31 Å². The van der Waals surface area contributed by atoms with Gasteiger partial charge in [-0.2, -0.15) is 4.31 Å². The van der Waals surface area contributed by atoms with E-state index in [2.05, 4.69) is 0 Å². The normalized spacial score (nSPS) is 12.9. The molecule has 0 aliphatic carbocycles. The molecule has 0 N–H and O–H groups in total. The van der Waals surface area contributed by atoms with Crippen molar-refractivity contribution in [1.29, 1.82) is 0 Å². The number of aromatic nitrogens is 2. The van der Waals surface area contributed by atoms with E-state index >= 15 is 0 Å². The van der Waals surface area contributed by atoms with E-state index in [1.54, 1.807) is 35.8 Å². The van der Waals surface area contributed by atoms with E-state index in [-0.39, 0.29) is 17.0 Å². The van der Waals surface area contributed by atoms with E-state index in [1.807, 2.05) is 80.6 Å². The zero-order valence-corrected chi connectivity index (χ0v) is 21.9. The largest absolute Gasteiger partial charge is 0.268 e. The molecule has 188 valence electrons. The fourth-order valence-corrected chi connectivity index (χ4v) is 6.77. The average molecular weight is 512 g/mol. The van der Waals surface area contributed by atoms with E-state index in [0.717, 1.165) is 10.9 Å². The van der Waals surface area contributed by atoms with Gasteiger partial charge < -0.3 is 0 Å². The minimum Gasteiger partial charge on any atom is -0.268 e. The maximum Gasteiger partial charge on any atom is 0.266 e. The maximum absolute atomic E-state index is 14.2. The molecule has 0 aliphatic heterocycles. The first kappa shape index (κ1) is 24.9. The molecule has 1 aromatic heterocycles. The molecule has 6 nitrogen and oxygen atoms in total. The molecule has 0 amide bonds. The first-order valence-electron chi connectivity index (χ1n) is 12.4. The summed E-state index contributed by atoms with van der Waals surface area (Å²) in [6.07, 6.45) is 0.608. The first-order valence-corrected chi connectivity index (χ1v) is 13.8. The van der Waals surface area contributed by atoms with Crippen molar-refractivity contribution in [3.63, 3.8) is 0 Å². The standard InChI is InChI=1S/C30H29N3O3S/c1-4-19-32(37(35,36)28-18-10-13-23-12-5-6-15-25(23)28)22(3)29-31-27-17-8-7-16-26(27)30(34)33(29)24-14-9-11-21(2)20-24/h5-18,20,22H,4,19H2,1-3H3. The second kappa shape index (κ2) is 9.92. The lowest BCUT2D eigenvalue weighted by molar-refractivity contribution is 0.327. The molecule has 1 atom stereocenters. The number of benzene rings is 4. The summed E-state index contributed by atoms with van der Waals surface area (Å²) in [6, 6.07) is 26.9. The Bertz CT molecular complexity index is 1770. The number of rotatable bonds is 7. The molecular weight excluding hydrogens is 482 g/mol. The second-order valence-electron chi connectivity index (χ2n) is 9.24. The van der Waals surface area contributed by atoms with Crippen LogP contribution in [0.4, 0.5) is 0 Å². The molecule has 0 saturated heterocycles. The van der Waals surface area contributed by atoms with Gasteiger partial charge in [0, 0.05) is 11.9 Å². The van der Waals surface area contributed by atoms with Crippen LogP contribution in [0.5, 0.6) is 0 Å². The Morgan fingerprint density at radius 1 is 0.892 bits per heavy atom. The number of para-hydroxylation sites is 1. The van der Waals surface area contributed by atoms with Gasteiger partial charge in [-0.25, -0.2) is 13.4 Å². The molecule has 5 rings (SSSR count). The lowest BCUT2D eigenvalue weighted by Gasteiger charge is -2.30. The fraction of sp³-hybridized carbons (Fsp3) is 0.200. The van der Waals surface area contributed by atoms with Gasteiger partial charge in [-0.3, -0.25) is 9.36 Å². The summed E-state index contributed by atoms with van der Waals surface area (Å²) >= 11 is 0. The Hall–Kier alpha value is -3.81.